The van der Waals surface area contributed by atoms with Gasteiger partial charge in [-0.1, -0.05) is 17.0 Å². The highest BCUT2D eigenvalue weighted by molar-refractivity contribution is 5.95. The average Bonchev–Trinajstić information content (AvgIpc) is 2.38. The van der Waals surface area contributed by atoms with Crippen LogP contribution in [0.4, 0.5) is 0 Å². The second kappa shape index (κ2) is 6.69. The third-order valence-electron chi connectivity index (χ3n) is 2.12. The first kappa shape index (κ1) is 14.1. The maximum atomic E-state index is 11.0. The fraction of sp³-hybridized carbons (Fsp3) is 0.167. The summed E-state index contributed by atoms with van der Waals surface area (Å²) in [7, 11) is 0. The maximum Gasteiger partial charge on any atom is 0.336 e. The molecular formula is C12H9N3O4. The Hall–Kier alpha value is -2.97. The van der Waals surface area contributed by atoms with Crippen LogP contribution < -0.4 is 0 Å². The Morgan fingerprint density at radius 1 is 1.32 bits per heavy atom. The van der Waals surface area contributed by atoms with E-state index in [1.165, 1.54) is 12.1 Å². The fourth-order valence-electron chi connectivity index (χ4n) is 1.27. The van der Waals surface area contributed by atoms with Crippen molar-refractivity contribution in [2.24, 2.45) is 5.11 Å². The third-order valence-corrected chi connectivity index (χ3v) is 2.12. The van der Waals surface area contributed by atoms with Crippen molar-refractivity contribution in [1.82, 2.24) is 0 Å². The number of carboxylic acid groups (broad SMARTS) is 2. The zero-order chi connectivity index (χ0) is 14.3. The van der Waals surface area contributed by atoms with Crippen molar-refractivity contribution >= 4 is 11.9 Å². The summed E-state index contributed by atoms with van der Waals surface area (Å²) in [6.45, 7) is 0.194. The summed E-state index contributed by atoms with van der Waals surface area (Å²) in [5.74, 6) is 2.82. The monoisotopic (exact) mass is 259 g/mol. The molecule has 0 saturated heterocycles. The molecule has 0 fully saturated rings. The van der Waals surface area contributed by atoms with Crippen molar-refractivity contribution in [2.45, 2.75) is 6.42 Å². The minimum atomic E-state index is -1.25. The summed E-state index contributed by atoms with van der Waals surface area (Å²) in [6, 6.07) is 3.68. The predicted molar refractivity (Wildman–Crippen MR) is 65.9 cm³/mol. The molecule has 0 aliphatic carbocycles. The Labute approximate surface area is 108 Å². The summed E-state index contributed by atoms with van der Waals surface area (Å²) in [5, 5.41) is 21.0. The zero-order valence-corrected chi connectivity index (χ0v) is 9.70. The van der Waals surface area contributed by atoms with Crippen LogP contribution in [0.25, 0.3) is 10.4 Å². The minimum Gasteiger partial charge on any atom is -0.478 e. The highest BCUT2D eigenvalue weighted by Crippen LogP contribution is 2.11. The predicted octanol–water partition coefficient (Wildman–Crippen LogP) is 2.13. The Kier molecular flexibility index (Phi) is 4.96. The summed E-state index contributed by atoms with van der Waals surface area (Å²) in [4.78, 5) is 24.3. The Bertz CT molecular complexity index is 622. The second-order valence-corrected chi connectivity index (χ2v) is 3.38. The number of hydrogen-bond donors (Lipinski definition) is 2. The van der Waals surface area contributed by atoms with Crippen LogP contribution in [0.5, 0.6) is 0 Å². The van der Waals surface area contributed by atoms with Crippen LogP contribution >= 0.6 is 0 Å². The van der Waals surface area contributed by atoms with Crippen molar-refractivity contribution in [2.75, 3.05) is 6.54 Å². The molecule has 0 amide bonds. The summed E-state index contributed by atoms with van der Waals surface area (Å²) in [6.07, 6.45) is 0.295. The molecule has 0 heterocycles. The molecule has 1 aromatic carbocycles. The molecule has 0 radical (unpaired) electrons. The van der Waals surface area contributed by atoms with Crippen LogP contribution in [-0.2, 0) is 0 Å². The van der Waals surface area contributed by atoms with Crippen LogP contribution in [0.1, 0.15) is 32.7 Å². The molecule has 0 aliphatic heterocycles. The number of carboxylic acids is 2. The first-order valence-corrected chi connectivity index (χ1v) is 5.16. The van der Waals surface area contributed by atoms with E-state index in [1.54, 1.807) is 0 Å². The molecule has 96 valence electrons. The highest BCUT2D eigenvalue weighted by Gasteiger charge is 2.12. The van der Waals surface area contributed by atoms with Crippen LogP contribution in [-0.4, -0.2) is 28.7 Å². The Balaban J connectivity index is 3.03. The molecule has 0 spiro atoms. The van der Waals surface area contributed by atoms with Crippen LogP contribution in [0.2, 0.25) is 0 Å². The lowest BCUT2D eigenvalue weighted by atomic mass is 10.0. The lowest BCUT2D eigenvalue weighted by molar-refractivity contribution is 0.0695. The minimum absolute atomic E-state index is 0.114. The molecule has 19 heavy (non-hydrogen) atoms. The molecule has 0 atom stereocenters. The van der Waals surface area contributed by atoms with Crippen molar-refractivity contribution in [3.63, 3.8) is 0 Å². The third kappa shape index (κ3) is 4.07. The van der Waals surface area contributed by atoms with Gasteiger partial charge in [-0.15, -0.1) is 0 Å². The molecule has 7 nitrogen and oxygen atoms in total. The molecule has 7 heteroatoms. The summed E-state index contributed by atoms with van der Waals surface area (Å²) >= 11 is 0. The van der Waals surface area contributed by atoms with Gasteiger partial charge in [0.1, 0.15) is 0 Å². The van der Waals surface area contributed by atoms with E-state index in [2.05, 4.69) is 21.9 Å². The van der Waals surface area contributed by atoms with Crippen LogP contribution in [0.15, 0.2) is 23.3 Å². The number of carbonyl (C=O) groups is 2. The van der Waals surface area contributed by atoms with Crippen molar-refractivity contribution in [3.8, 4) is 11.8 Å². The van der Waals surface area contributed by atoms with E-state index < -0.39 is 11.9 Å². The van der Waals surface area contributed by atoms with E-state index in [9.17, 15) is 9.59 Å². The Morgan fingerprint density at radius 3 is 2.63 bits per heavy atom. The van der Waals surface area contributed by atoms with Crippen molar-refractivity contribution in [1.29, 1.82) is 0 Å². The van der Waals surface area contributed by atoms with Gasteiger partial charge in [0.05, 0.1) is 11.1 Å². The van der Waals surface area contributed by atoms with Gasteiger partial charge in [0.2, 0.25) is 0 Å². The maximum absolute atomic E-state index is 11.0. The first-order valence-electron chi connectivity index (χ1n) is 5.16. The smallest absolute Gasteiger partial charge is 0.336 e. The van der Waals surface area contributed by atoms with Gasteiger partial charge < -0.3 is 10.2 Å². The van der Waals surface area contributed by atoms with Crippen molar-refractivity contribution in [3.05, 3.63) is 45.3 Å². The standard InChI is InChI=1S/C12H9N3O4/c13-15-14-6-2-1-3-8-4-5-9(11(16)17)7-10(8)12(18)19/h4-5,7H,2,6H2,(H,16,17)(H,18,19). The van der Waals surface area contributed by atoms with Crippen molar-refractivity contribution < 1.29 is 19.8 Å². The summed E-state index contributed by atoms with van der Waals surface area (Å²) < 4.78 is 0. The molecule has 0 bridgehead atoms. The quantitative estimate of drug-likeness (QED) is 0.282. The summed E-state index contributed by atoms with van der Waals surface area (Å²) in [5.41, 5.74) is 8.00. The fourth-order valence-corrected chi connectivity index (χ4v) is 1.27. The van der Waals surface area contributed by atoms with E-state index in [0.717, 1.165) is 6.07 Å². The topological polar surface area (TPSA) is 123 Å². The second-order valence-electron chi connectivity index (χ2n) is 3.38. The van der Waals surface area contributed by atoms with Gasteiger partial charge in [-0.25, -0.2) is 9.59 Å². The Morgan fingerprint density at radius 2 is 2.05 bits per heavy atom. The molecule has 0 aliphatic rings. The van der Waals surface area contributed by atoms with Gasteiger partial charge in [0.15, 0.2) is 0 Å². The molecule has 1 aromatic rings. The molecule has 1 rings (SSSR count). The van der Waals surface area contributed by atoms with E-state index in [1.807, 2.05) is 0 Å². The van der Waals surface area contributed by atoms with E-state index in [-0.39, 0.29) is 23.2 Å². The lowest BCUT2D eigenvalue weighted by Crippen LogP contribution is -2.04. The molecule has 2 N–H and O–H groups in total. The molecular weight excluding hydrogens is 250 g/mol. The molecule has 0 unspecified atom stereocenters. The van der Waals surface area contributed by atoms with Gasteiger partial charge in [-0.3, -0.25) is 0 Å². The highest BCUT2D eigenvalue weighted by atomic mass is 16.4. The van der Waals surface area contributed by atoms with Gasteiger partial charge in [0.25, 0.3) is 0 Å². The largest absolute Gasteiger partial charge is 0.478 e. The molecule has 0 saturated carbocycles. The lowest BCUT2D eigenvalue weighted by Gasteiger charge is -2.01. The first-order chi connectivity index (χ1) is 9.06. The average molecular weight is 259 g/mol. The van der Waals surface area contributed by atoms with E-state index >= 15 is 0 Å². The number of azide groups is 1. The van der Waals surface area contributed by atoms with Gasteiger partial charge in [-0.2, -0.15) is 0 Å². The van der Waals surface area contributed by atoms with Gasteiger partial charge in [-0.05, 0) is 23.7 Å². The number of nitrogens with zero attached hydrogens (tertiary/aromatic N) is 3. The number of aromatic carboxylic acids is 2. The SMILES string of the molecule is [N-]=[N+]=NCCC#Cc1ccc(C(=O)O)cc1C(=O)O. The van der Waals surface area contributed by atoms with E-state index in [4.69, 9.17) is 15.7 Å². The number of hydrogen-bond acceptors (Lipinski definition) is 3. The normalized spacial score (nSPS) is 8.84. The van der Waals surface area contributed by atoms with E-state index in [0.29, 0.717) is 6.42 Å². The van der Waals surface area contributed by atoms with Gasteiger partial charge >= 0.3 is 11.9 Å². The zero-order valence-electron chi connectivity index (χ0n) is 9.70. The van der Waals surface area contributed by atoms with Crippen LogP contribution in [0, 0.1) is 11.8 Å². The number of rotatable bonds is 4. The van der Waals surface area contributed by atoms with Gasteiger partial charge in [0, 0.05) is 23.4 Å². The number of benzene rings is 1. The molecule has 0 aromatic heterocycles. The van der Waals surface area contributed by atoms with Crippen LogP contribution in [0.3, 0.4) is 0 Å².